The molecular formula is C15H24N2O4S. The topological polar surface area (TPSA) is 83.6 Å². The second-order valence-electron chi connectivity index (χ2n) is 5.99. The lowest BCUT2D eigenvalue weighted by atomic mass is 9.92. The molecule has 0 aromatic carbocycles. The van der Waals surface area contributed by atoms with E-state index in [0.717, 1.165) is 19.3 Å². The maximum Gasteiger partial charge on any atom is 0.234 e. The van der Waals surface area contributed by atoms with Crippen LogP contribution in [0, 0.1) is 5.92 Å². The quantitative estimate of drug-likeness (QED) is 0.762. The van der Waals surface area contributed by atoms with E-state index in [0.29, 0.717) is 25.9 Å². The number of hydrogen-bond donors (Lipinski definition) is 1. The zero-order valence-electron chi connectivity index (χ0n) is 13.0. The van der Waals surface area contributed by atoms with Crippen molar-refractivity contribution in [2.45, 2.75) is 37.4 Å². The highest BCUT2D eigenvalue weighted by molar-refractivity contribution is 7.92. The largest absolute Gasteiger partial charge is 0.358 e. The van der Waals surface area contributed by atoms with Gasteiger partial charge in [-0.3, -0.25) is 9.59 Å². The van der Waals surface area contributed by atoms with E-state index in [1.165, 1.54) is 7.05 Å². The van der Waals surface area contributed by atoms with Crippen LogP contribution in [0.3, 0.4) is 0 Å². The molecule has 6 nitrogen and oxygen atoms in total. The summed E-state index contributed by atoms with van der Waals surface area (Å²) in [6.07, 6.45) is 7.60. The van der Waals surface area contributed by atoms with Crippen molar-refractivity contribution in [1.82, 2.24) is 10.2 Å². The van der Waals surface area contributed by atoms with Crippen LogP contribution in [0.2, 0.25) is 0 Å². The van der Waals surface area contributed by atoms with Gasteiger partial charge in [-0.1, -0.05) is 12.2 Å². The van der Waals surface area contributed by atoms with Crippen LogP contribution in [-0.2, 0) is 19.4 Å². The van der Waals surface area contributed by atoms with Crippen molar-refractivity contribution >= 4 is 21.7 Å². The summed E-state index contributed by atoms with van der Waals surface area (Å²) in [5, 5.41) is 1.83. The molecule has 124 valence electrons. The predicted octanol–water partition coefficient (Wildman–Crippen LogP) is 0.495. The minimum absolute atomic E-state index is 0.0454. The highest BCUT2D eigenvalue weighted by Gasteiger charge is 2.34. The van der Waals surface area contributed by atoms with Gasteiger partial charge in [-0.2, -0.15) is 0 Å². The summed E-state index contributed by atoms with van der Waals surface area (Å²) >= 11 is 0. The van der Waals surface area contributed by atoms with Crippen LogP contribution in [-0.4, -0.2) is 56.3 Å². The molecule has 2 aliphatic rings. The first-order valence-electron chi connectivity index (χ1n) is 7.80. The van der Waals surface area contributed by atoms with Crippen LogP contribution in [0.1, 0.15) is 32.1 Å². The number of allylic oxidation sites excluding steroid dienone is 2. The third kappa shape index (κ3) is 4.09. The van der Waals surface area contributed by atoms with Crippen LogP contribution >= 0.6 is 0 Å². The molecule has 1 heterocycles. The number of hydrogen-bond acceptors (Lipinski definition) is 4. The zero-order valence-corrected chi connectivity index (χ0v) is 13.8. The van der Waals surface area contributed by atoms with Crippen molar-refractivity contribution in [1.29, 1.82) is 0 Å². The van der Waals surface area contributed by atoms with Gasteiger partial charge in [-0.15, -0.1) is 0 Å². The lowest BCUT2D eigenvalue weighted by Crippen LogP contribution is -2.46. The summed E-state index contributed by atoms with van der Waals surface area (Å²) in [5.41, 5.74) is 0. The Balaban J connectivity index is 1.88. The van der Waals surface area contributed by atoms with Gasteiger partial charge in [0, 0.05) is 26.1 Å². The van der Waals surface area contributed by atoms with Crippen molar-refractivity contribution in [3.8, 4) is 0 Å². The number of nitrogens with one attached hydrogen (secondary N) is 1. The molecule has 1 atom stereocenters. The number of nitrogens with zero attached hydrogens (tertiary/aromatic N) is 1. The summed E-state index contributed by atoms with van der Waals surface area (Å²) in [6.45, 7) is 0.938. The van der Waals surface area contributed by atoms with Gasteiger partial charge in [-0.05, 0) is 32.1 Å². The molecule has 2 amide bonds. The fourth-order valence-corrected chi connectivity index (χ4v) is 4.76. The first-order valence-corrected chi connectivity index (χ1v) is 9.51. The Hall–Kier alpha value is -1.37. The number of piperidine rings is 1. The molecule has 7 heteroatoms. The highest BCUT2D eigenvalue weighted by Crippen LogP contribution is 2.24. The molecule has 0 aromatic rings. The van der Waals surface area contributed by atoms with Gasteiger partial charge in [0.2, 0.25) is 11.8 Å². The van der Waals surface area contributed by atoms with Gasteiger partial charge < -0.3 is 10.2 Å². The van der Waals surface area contributed by atoms with E-state index in [9.17, 15) is 18.0 Å². The van der Waals surface area contributed by atoms with Crippen LogP contribution < -0.4 is 5.32 Å². The Labute approximate surface area is 131 Å². The predicted molar refractivity (Wildman–Crippen MR) is 83.9 cm³/mol. The minimum atomic E-state index is -3.43. The third-order valence-electron chi connectivity index (χ3n) is 4.49. The first kappa shape index (κ1) is 17.0. The SMILES string of the molecule is CNC(=O)CS(=O)(=O)C1CCN(C(=O)C2CC=CCC2)CC1. The second-order valence-corrected chi connectivity index (χ2v) is 8.27. The molecule has 1 unspecified atom stereocenters. The molecule has 1 aliphatic heterocycles. The Morgan fingerprint density at radius 1 is 1.18 bits per heavy atom. The number of likely N-dealkylation sites (tertiary alicyclic amines) is 1. The fraction of sp³-hybridized carbons (Fsp3) is 0.733. The third-order valence-corrected chi connectivity index (χ3v) is 6.64. The molecule has 0 bridgehead atoms. The van der Waals surface area contributed by atoms with Crippen molar-refractivity contribution in [2.24, 2.45) is 5.92 Å². The van der Waals surface area contributed by atoms with Crippen molar-refractivity contribution in [3.63, 3.8) is 0 Å². The minimum Gasteiger partial charge on any atom is -0.358 e. The molecule has 0 saturated carbocycles. The second kappa shape index (κ2) is 7.26. The van der Waals surface area contributed by atoms with Gasteiger partial charge in [0.05, 0.1) is 5.25 Å². The maximum absolute atomic E-state index is 12.4. The molecule has 1 aliphatic carbocycles. The smallest absolute Gasteiger partial charge is 0.234 e. The van der Waals surface area contributed by atoms with Crippen LogP contribution in [0.15, 0.2) is 12.2 Å². The monoisotopic (exact) mass is 328 g/mol. The maximum atomic E-state index is 12.4. The average Bonchev–Trinajstić information content (AvgIpc) is 2.54. The van der Waals surface area contributed by atoms with E-state index in [4.69, 9.17) is 0 Å². The number of carbonyl (C=O) groups is 2. The van der Waals surface area contributed by atoms with Crippen molar-refractivity contribution in [2.75, 3.05) is 25.9 Å². The number of carbonyl (C=O) groups excluding carboxylic acids is 2. The lowest BCUT2D eigenvalue weighted by molar-refractivity contribution is -0.136. The summed E-state index contributed by atoms with van der Waals surface area (Å²) in [6, 6.07) is 0. The fourth-order valence-electron chi connectivity index (χ4n) is 3.08. The normalized spacial score (nSPS) is 23.3. The van der Waals surface area contributed by atoms with Gasteiger partial charge in [0.1, 0.15) is 5.75 Å². The van der Waals surface area contributed by atoms with Gasteiger partial charge in [0.25, 0.3) is 0 Å². The zero-order chi connectivity index (χ0) is 16.2. The molecule has 1 N–H and O–H groups in total. The summed E-state index contributed by atoms with van der Waals surface area (Å²) in [4.78, 5) is 25.5. The standard InChI is InChI=1S/C15H24N2O4S/c1-16-14(18)11-22(20,21)13-7-9-17(10-8-13)15(19)12-5-3-2-4-6-12/h2-3,12-13H,4-11H2,1H3,(H,16,18). The van der Waals surface area contributed by atoms with Crippen molar-refractivity contribution < 1.29 is 18.0 Å². The molecule has 0 spiro atoms. The van der Waals surface area contributed by atoms with Crippen LogP contribution in [0.4, 0.5) is 0 Å². The highest BCUT2D eigenvalue weighted by atomic mass is 32.2. The molecule has 0 radical (unpaired) electrons. The Kier molecular flexibility index (Phi) is 5.61. The number of sulfone groups is 1. The molecule has 2 rings (SSSR count). The lowest BCUT2D eigenvalue weighted by Gasteiger charge is -2.34. The van der Waals surface area contributed by atoms with Crippen LogP contribution in [0.5, 0.6) is 0 Å². The number of rotatable bonds is 4. The van der Waals surface area contributed by atoms with E-state index < -0.39 is 26.7 Å². The molecule has 22 heavy (non-hydrogen) atoms. The molecule has 1 saturated heterocycles. The van der Waals surface area contributed by atoms with Gasteiger partial charge >= 0.3 is 0 Å². The van der Waals surface area contributed by atoms with Gasteiger partial charge in [-0.25, -0.2) is 8.42 Å². The van der Waals surface area contributed by atoms with Crippen LogP contribution in [0.25, 0.3) is 0 Å². The van der Waals surface area contributed by atoms with E-state index in [1.807, 2.05) is 6.08 Å². The van der Waals surface area contributed by atoms with E-state index >= 15 is 0 Å². The van der Waals surface area contributed by atoms with E-state index in [-0.39, 0.29) is 11.8 Å². The first-order chi connectivity index (χ1) is 10.4. The molecule has 1 fully saturated rings. The van der Waals surface area contributed by atoms with E-state index in [2.05, 4.69) is 11.4 Å². The van der Waals surface area contributed by atoms with Crippen molar-refractivity contribution in [3.05, 3.63) is 12.2 Å². The summed E-state index contributed by atoms with van der Waals surface area (Å²) in [5.74, 6) is -0.752. The Morgan fingerprint density at radius 3 is 2.41 bits per heavy atom. The number of amides is 2. The van der Waals surface area contributed by atoms with Gasteiger partial charge in [0.15, 0.2) is 9.84 Å². The molecular weight excluding hydrogens is 304 g/mol. The average molecular weight is 328 g/mol. The Morgan fingerprint density at radius 2 is 1.86 bits per heavy atom. The van der Waals surface area contributed by atoms with E-state index in [1.54, 1.807) is 4.90 Å². The molecule has 0 aromatic heterocycles. The summed E-state index contributed by atoms with van der Waals surface area (Å²) in [7, 11) is -2.00. The Bertz CT molecular complexity index is 548. The summed E-state index contributed by atoms with van der Waals surface area (Å²) < 4.78 is 24.3.